The molecule has 6 heteroatoms. The standard InChI is InChI=1S/C17H21ClN2O3/c18-15-5-3-13(4-6-15)16(21)20-7-1-2-14(12-20)17(22)19-8-10-23-11-9-19/h3-6,14H,1-2,7-12H2/t14-/m1/s1. The highest BCUT2D eigenvalue weighted by Gasteiger charge is 2.32. The van der Waals surface area contributed by atoms with Gasteiger partial charge in [-0.05, 0) is 37.1 Å². The van der Waals surface area contributed by atoms with E-state index in [4.69, 9.17) is 16.3 Å². The molecule has 2 fully saturated rings. The van der Waals surface area contributed by atoms with Gasteiger partial charge in [0.2, 0.25) is 5.91 Å². The first kappa shape index (κ1) is 16.3. The summed E-state index contributed by atoms with van der Waals surface area (Å²) in [7, 11) is 0. The van der Waals surface area contributed by atoms with Gasteiger partial charge in [-0.2, -0.15) is 0 Å². The van der Waals surface area contributed by atoms with E-state index in [0.717, 1.165) is 12.8 Å². The molecule has 0 spiro atoms. The quantitative estimate of drug-likeness (QED) is 0.830. The number of piperidine rings is 1. The van der Waals surface area contributed by atoms with Gasteiger partial charge in [-0.1, -0.05) is 11.6 Å². The van der Waals surface area contributed by atoms with E-state index in [1.807, 2.05) is 4.90 Å². The van der Waals surface area contributed by atoms with Crippen LogP contribution < -0.4 is 0 Å². The third kappa shape index (κ3) is 3.85. The van der Waals surface area contributed by atoms with Crippen LogP contribution in [0, 0.1) is 5.92 Å². The summed E-state index contributed by atoms with van der Waals surface area (Å²) in [4.78, 5) is 28.9. The van der Waals surface area contributed by atoms with Crippen molar-refractivity contribution in [1.82, 2.24) is 9.80 Å². The molecule has 0 aromatic heterocycles. The van der Waals surface area contributed by atoms with E-state index in [9.17, 15) is 9.59 Å². The normalized spacial score (nSPS) is 22.0. The first-order valence-corrected chi connectivity index (χ1v) is 8.44. The highest BCUT2D eigenvalue weighted by atomic mass is 35.5. The maximum absolute atomic E-state index is 12.6. The van der Waals surface area contributed by atoms with Crippen LogP contribution in [-0.2, 0) is 9.53 Å². The molecule has 2 heterocycles. The van der Waals surface area contributed by atoms with Crippen molar-refractivity contribution < 1.29 is 14.3 Å². The minimum absolute atomic E-state index is 0.0267. The fourth-order valence-electron chi connectivity index (χ4n) is 3.18. The van der Waals surface area contributed by atoms with Crippen LogP contribution in [0.3, 0.4) is 0 Å². The largest absolute Gasteiger partial charge is 0.378 e. The lowest BCUT2D eigenvalue weighted by atomic mass is 9.95. The average Bonchev–Trinajstić information content (AvgIpc) is 2.62. The summed E-state index contributed by atoms with van der Waals surface area (Å²) in [5.41, 5.74) is 0.619. The van der Waals surface area contributed by atoms with Crippen molar-refractivity contribution in [3.63, 3.8) is 0 Å². The Morgan fingerprint density at radius 2 is 1.74 bits per heavy atom. The lowest BCUT2D eigenvalue weighted by molar-refractivity contribution is -0.141. The maximum Gasteiger partial charge on any atom is 0.253 e. The van der Waals surface area contributed by atoms with Gasteiger partial charge < -0.3 is 14.5 Å². The van der Waals surface area contributed by atoms with Gasteiger partial charge >= 0.3 is 0 Å². The van der Waals surface area contributed by atoms with Crippen LogP contribution >= 0.6 is 11.6 Å². The summed E-state index contributed by atoms with van der Waals surface area (Å²) < 4.78 is 5.29. The molecule has 2 aliphatic heterocycles. The number of benzene rings is 1. The van der Waals surface area contributed by atoms with E-state index in [2.05, 4.69) is 0 Å². The summed E-state index contributed by atoms with van der Waals surface area (Å²) in [6.07, 6.45) is 1.71. The molecule has 0 aliphatic carbocycles. The number of amides is 2. The third-order valence-corrected chi connectivity index (χ3v) is 4.72. The van der Waals surface area contributed by atoms with Crippen LogP contribution in [0.25, 0.3) is 0 Å². The van der Waals surface area contributed by atoms with Crippen molar-refractivity contribution in [3.05, 3.63) is 34.9 Å². The SMILES string of the molecule is O=C(c1ccc(Cl)cc1)N1CCC[C@@H](C(=O)N2CCOCC2)C1. The van der Waals surface area contributed by atoms with Crippen LogP contribution in [0.15, 0.2) is 24.3 Å². The molecule has 5 nitrogen and oxygen atoms in total. The number of nitrogens with zero attached hydrogens (tertiary/aromatic N) is 2. The minimum atomic E-state index is -0.0990. The van der Waals surface area contributed by atoms with Gasteiger partial charge in [-0.3, -0.25) is 9.59 Å². The Bertz CT molecular complexity index is 570. The number of likely N-dealkylation sites (tertiary alicyclic amines) is 1. The molecule has 0 N–H and O–H groups in total. The molecule has 1 aromatic carbocycles. The Balaban J connectivity index is 1.64. The molecule has 2 amide bonds. The number of hydrogen-bond donors (Lipinski definition) is 0. The number of hydrogen-bond acceptors (Lipinski definition) is 3. The highest BCUT2D eigenvalue weighted by molar-refractivity contribution is 6.30. The molecular formula is C17H21ClN2O3. The Hall–Kier alpha value is -1.59. The number of carbonyl (C=O) groups excluding carboxylic acids is 2. The van der Waals surface area contributed by atoms with Crippen molar-refractivity contribution >= 4 is 23.4 Å². The second-order valence-electron chi connectivity index (χ2n) is 6.03. The van der Waals surface area contributed by atoms with Crippen LogP contribution in [0.4, 0.5) is 0 Å². The minimum Gasteiger partial charge on any atom is -0.378 e. The first-order chi connectivity index (χ1) is 11.1. The second-order valence-corrected chi connectivity index (χ2v) is 6.47. The van der Waals surface area contributed by atoms with Gasteiger partial charge in [-0.25, -0.2) is 0 Å². The molecule has 2 aliphatic rings. The fraction of sp³-hybridized carbons (Fsp3) is 0.529. The van der Waals surface area contributed by atoms with Crippen molar-refractivity contribution in [2.45, 2.75) is 12.8 Å². The maximum atomic E-state index is 12.6. The molecule has 0 unspecified atom stereocenters. The van der Waals surface area contributed by atoms with E-state index in [1.165, 1.54) is 0 Å². The monoisotopic (exact) mass is 336 g/mol. The molecule has 124 valence electrons. The van der Waals surface area contributed by atoms with Crippen LogP contribution in [0.2, 0.25) is 5.02 Å². The zero-order valence-electron chi connectivity index (χ0n) is 13.0. The Morgan fingerprint density at radius 3 is 2.43 bits per heavy atom. The van der Waals surface area contributed by atoms with Crippen LogP contribution in [0.5, 0.6) is 0 Å². The Kier molecular flexibility index (Phi) is 5.18. The summed E-state index contributed by atoms with van der Waals surface area (Å²) >= 11 is 5.87. The lowest BCUT2D eigenvalue weighted by Gasteiger charge is -2.36. The van der Waals surface area contributed by atoms with Gasteiger partial charge in [0, 0.05) is 36.8 Å². The molecule has 23 heavy (non-hydrogen) atoms. The third-order valence-electron chi connectivity index (χ3n) is 4.47. The zero-order chi connectivity index (χ0) is 16.2. The number of halogens is 1. The van der Waals surface area contributed by atoms with E-state index in [1.54, 1.807) is 29.2 Å². The number of morpholine rings is 1. The average molecular weight is 337 g/mol. The predicted octanol–water partition coefficient (Wildman–Crippen LogP) is 2.05. The van der Waals surface area contributed by atoms with Crippen molar-refractivity contribution in [1.29, 1.82) is 0 Å². The van der Waals surface area contributed by atoms with Gasteiger partial charge in [0.05, 0.1) is 19.1 Å². The number of carbonyl (C=O) groups is 2. The number of rotatable bonds is 2. The molecule has 0 saturated carbocycles. The Labute approximate surface area is 141 Å². The van der Waals surface area contributed by atoms with E-state index in [-0.39, 0.29) is 17.7 Å². The molecular weight excluding hydrogens is 316 g/mol. The summed E-state index contributed by atoms with van der Waals surface area (Å²) in [5.74, 6) is 0.0288. The number of ether oxygens (including phenoxy) is 1. The highest BCUT2D eigenvalue weighted by Crippen LogP contribution is 2.22. The molecule has 3 rings (SSSR count). The van der Waals surface area contributed by atoms with Gasteiger partial charge in [0.1, 0.15) is 0 Å². The lowest BCUT2D eigenvalue weighted by Crippen LogP contribution is -2.49. The van der Waals surface area contributed by atoms with Crippen molar-refractivity contribution in [2.24, 2.45) is 5.92 Å². The van der Waals surface area contributed by atoms with Crippen LogP contribution in [-0.4, -0.2) is 61.0 Å². The molecule has 1 atom stereocenters. The fourth-order valence-corrected chi connectivity index (χ4v) is 3.31. The van der Waals surface area contributed by atoms with E-state index < -0.39 is 0 Å². The summed E-state index contributed by atoms with van der Waals surface area (Å²) in [6.45, 7) is 3.71. The van der Waals surface area contributed by atoms with Gasteiger partial charge in [0.15, 0.2) is 0 Å². The molecule has 1 aromatic rings. The predicted molar refractivity (Wildman–Crippen MR) is 87.5 cm³/mol. The zero-order valence-corrected chi connectivity index (χ0v) is 13.8. The first-order valence-electron chi connectivity index (χ1n) is 8.06. The van der Waals surface area contributed by atoms with E-state index in [0.29, 0.717) is 50.0 Å². The Morgan fingerprint density at radius 1 is 1.04 bits per heavy atom. The van der Waals surface area contributed by atoms with Gasteiger partial charge in [-0.15, -0.1) is 0 Å². The molecule has 0 bridgehead atoms. The second kappa shape index (κ2) is 7.32. The van der Waals surface area contributed by atoms with Crippen molar-refractivity contribution in [2.75, 3.05) is 39.4 Å². The smallest absolute Gasteiger partial charge is 0.253 e. The molecule has 2 saturated heterocycles. The van der Waals surface area contributed by atoms with Crippen molar-refractivity contribution in [3.8, 4) is 0 Å². The van der Waals surface area contributed by atoms with Crippen LogP contribution in [0.1, 0.15) is 23.2 Å². The van der Waals surface area contributed by atoms with Gasteiger partial charge in [0.25, 0.3) is 5.91 Å². The topological polar surface area (TPSA) is 49.9 Å². The molecule has 0 radical (unpaired) electrons. The van der Waals surface area contributed by atoms with E-state index >= 15 is 0 Å². The summed E-state index contributed by atoms with van der Waals surface area (Å²) in [6, 6.07) is 6.90. The summed E-state index contributed by atoms with van der Waals surface area (Å²) in [5, 5.41) is 0.612.